The number of hydrogen-bond donors (Lipinski definition) is 0. The summed E-state index contributed by atoms with van der Waals surface area (Å²) in [4.78, 5) is 11.3. The number of carbonyl (C=O) groups is 1. The Morgan fingerprint density at radius 1 is 1.14 bits per heavy atom. The van der Waals surface area contributed by atoms with E-state index in [4.69, 9.17) is 9.47 Å². The second-order valence-electron chi connectivity index (χ2n) is 4.83. The van der Waals surface area contributed by atoms with Gasteiger partial charge in [-0.05, 0) is 59.1 Å². The van der Waals surface area contributed by atoms with Crippen LogP contribution in [0.3, 0.4) is 0 Å². The normalized spacial score (nSPS) is 10.2. The highest BCUT2D eigenvalue weighted by Gasteiger charge is 2.13. The van der Waals surface area contributed by atoms with Gasteiger partial charge in [-0.2, -0.15) is 0 Å². The number of rotatable bonds is 4. The Morgan fingerprint density at radius 2 is 1.91 bits per heavy atom. The van der Waals surface area contributed by atoms with E-state index in [9.17, 15) is 4.79 Å². The Bertz CT molecular complexity index is 682. The molecule has 0 unspecified atom stereocenters. The maximum Gasteiger partial charge on any atom is 0.513 e. The van der Waals surface area contributed by atoms with Gasteiger partial charge in [-0.25, -0.2) is 4.79 Å². The average molecular weight is 365 g/mol. The first-order valence-corrected chi connectivity index (χ1v) is 7.54. The Balaban J connectivity index is 2.19. The van der Waals surface area contributed by atoms with Gasteiger partial charge < -0.3 is 14.2 Å². The summed E-state index contributed by atoms with van der Waals surface area (Å²) in [7, 11) is 1.28. The van der Waals surface area contributed by atoms with E-state index in [1.165, 1.54) is 7.11 Å². The minimum atomic E-state index is -0.747. The predicted octanol–water partition coefficient (Wildman–Crippen LogP) is 4.79. The summed E-state index contributed by atoms with van der Waals surface area (Å²) < 4.78 is 16.4. The molecule has 0 aromatic heterocycles. The molecule has 5 heteroatoms. The standard InChI is InChI=1S/C17H17BrO4/c1-11-7-8-16(14(18)9-11)21-10-13-12(2)5-4-6-15(13)22-17(19)20-3/h4-9H,10H2,1-3H3. The maximum atomic E-state index is 11.3. The van der Waals surface area contributed by atoms with Crippen molar-refractivity contribution in [2.45, 2.75) is 20.5 Å². The molecule has 0 aliphatic rings. The number of methoxy groups -OCH3 is 1. The fourth-order valence-corrected chi connectivity index (χ4v) is 2.57. The Hall–Kier alpha value is -2.01. The van der Waals surface area contributed by atoms with E-state index in [0.29, 0.717) is 12.4 Å². The zero-order chi connectivity index (χ0) is 16.1. The lowest BCUT2D eigenvalue weighted by atomic mass is 10.1. The number of aryl methyl sites for hydroxylation is 2. The van der Waals surface area contributed by atoms with Gasteiger partial charge in [0.1, 0.15) is 18.1 Å². The first-order valence-electron chi connectivity index (χ1n) is 6.74. The minimum absolute atomic E-state index is 0.292. The molecule has 2 aromatic carbocycles. The van der Waals surface area contributed by atoms with Crippen molar-refractivity contribution in [2.24, 2.45) is 0 Å². The summed E-state index contributed by atoms with van der Waals surface area (Å²) in [5, 5.41) is 0. The molecule has 0 spiro atoms. The highest BCUT2D eigenvalue weighted by Crippen LogP contribution is 2.29. The van der Waals surface area contributed by atoms with Crippen LogP contribution >= 0.6 is 15.9 Å². The molecule has 0 N–H and O–H groups in total. The molecule has 116 valence electrons. The lowest BCUT2D eigenvalue weighted by molar-refractivity contribution is 0.120. The monoisotopic (exact) mass is 364 g/mol. The molecule has 0 heterocycles. The van der Waals surface area contributed by atoms with Crippen LogP contribution in [-0.2, 0) is 11.3 Å². The third-order valence-electron chi connectivity index (χ3n) is 3.19. The van der Waals surface area contributed by atoms with Crippen molar-refractivity contribution in [2.75, 3.05) is 7.11 Å². The molecular weight excluding hydrogens is 348 g/mol. The average Bonchev–Trinajstić information content (AvgIpc) is 2.48. The summed E-state index contributed by atoms with van der Waals surface area (Å²) in [5.41, 5.74) is 2.93. The topological polar surface area (TPSA) is 44.8 Å². The molecular formula is C17H17BrO4. The van der Waals surface area contributed by atoms with E-state index in [1.807, 2.05) is 44.2 Å². The minimum Gasteiger partial charge on any atom is -0.488 e. The van der Waals surface area contributed by atoms with Gasteiger partial charge in [0.15, 0.2) is 0 Å². The number of ether oxygens (including phenoxy) is 3. The first-order chi connectivity index (χ1) is 10.5. The molecule has 2 aromatic rings. The van der Waals surface area contributed by atoms with Crippen molar-refractivity contribution >= 4 is 22.1 Å². The Labute approximate surface area is 138 Å². The second kappa shape index (κ2) is 7.31. The quantitative estimate of drug-likeness (QED) is 0.577. The lowest BCUT2D eigenvalue weighted by Gasteiger charge is -2.14. The first kappa shape index (κ1) is 16.4. The molecule has 0 amide bonds. The predicted molar refractivity (Wildman–Crippen MR) is 87.4 cm³/mol. The molecule has 0 aliphatic carbocycles. The largest absolute Gasteiger partial charge is 0.513 e. The SMILES string of the molecule is COC(=O)Oc1cccc(C)c1COc1ccc(C)cc1Br. The summed E-state index contributed by atoms with van der Waals surface area (Å²) in [6.45, 7) is 4.24. The van der Waals surface area contributed by atoms with Gasteiger partial charge in [0.25, 0.3) is 0 Å². The fourth-order valence-electron chi connectivity index (χ4n) is 1.96. The lowest BCUT2D eigenvalue weighted by Crippen LogP contribution is -2.10. The van der Waals surface area contributed by atoms with Crippen LogP contribution in [0.2, 0.25) is 0 Å². The van der Waals surface area contributed by atoms with Crippen molar-refractivity contribution in [1.29, 1.82) is 0 Å². The third-order valence-corrected chi connectivity index (χ3v) is 3.81. The van der Waals surface area contributed by atoms with Crippen LogP contribution in [0.4, 0.5) is 4.79 Å². The molecule has 0 aliphatic heterocycles. The van der Waals surface area contributed by atoms with Crippen molar-refractivity contribution in [3.05, 3.63) is 57.6 Å². The number of halogens is 1. The third kappa shape index (κ3) is 4.01. The van der Waals surface area contributed by atoms with Crippen LogP contribution in [0.5, 0.6) is 11.5 Å². The van der Waals surface area contributed by atoms with Crippen LogP contribution in [0.1, 0.15) is 16.7 Å². The summed E-state index contributed by atoms with van der Waals surface area (Å²) in [6, 6.07) is 11.3. The number of benzene rings is 2. The molecule has 0 bridgehead atoms. The maximum absolute atomic E-state index is 11.3. The van der Waals surface area contributed by atoms with Gasteiger partial charge in [-0.3, -0.25) is 0 Å². The molecule has 2 rings (SSSR count). The van der Waals surface area contributed by atoms with Crippen molar-refractivity contribution < 1.29 is 19.0 Å². The van der Waals surface area contributed by atoms with Crippen LogP contribution in [0.15, 0.2) is 40.9 Å². The van der Waals surface area contributed by atoms with Gasteiger partial charge in [-0.15, -0.1) is 0 Å². The number of carbonyl (C=O) groups excluding carboxylic acids is 1. The van der Waals surface area contributed by atoms with Gasteiger partial charge in [0.05, 0.1) is 11.6 Å². The van der Waals surface area contributed by atoms with Crippen LogP contribution < -0.4 is 9.47 Å². The molecule has 0 saturated heterocycles. The molecule has 0 atom stereocenters. The van der Waals surface area contributed by atoms with E-state index in [2.05, 4.69) is 20.7 Å². The van der Waals surface area contributed by atoms with Crippen LogP contribution in [0.25, 0.3) is 0 Å². The number of hydrogen-bond acceptors (Lipinski definition) is 4. The summed E-state index contributed by atoms with van der Waals surface area (Å²) in [5.74, 6) is 1.17. The molecule has 0 radical (unpaired) electrons. The van der Waals surface area contributed by atoms with E-state index in [-0.39, 0.29) is 0 Å². The highest BCUT2D eigenvalue weighted by molar-refractivity contribution is 9.10. The zero-order valence-corrected chi connectivity index (χ0v) is 14.3. The summed E-state index contributed by atoms with van der Waals surface area (Å²) in [6.07, 6.45) is -0.747. The van der Waals surface area contributed by atoms with Gasteiger partial charge in [0, 0.05) is 5.56 Å². The zero-order valence-electron chi connectivity index (χ0n) is 12.7. The second-order valence-corrected chi connectivity index (χ2v) is 5.68. The highest BCUT2D eigenvalue weighted by atomic mass is 79.9. The van der Waals surface area contributed by atoms with E-state index < -0.39 is 6.16 Å². The molecule has 4 nitrogen and oxygen atoms in total. The van der Waals surface area contributed by atoms with Crippen molar-refractivity contribution in [1.82, 2.24) is 0 Å². The van der Waals surface area contributed by atoms with Gasteiger partial charge in [-0.1, -0.05) is 18.2 Å². The molecule has 22 heavy (non-hydrogen) atoms. The van der Waals surface area contributed by atoms with Gasteiger partial charge in [0.2, 0.25) is 0 Å². The van der Waals surface area contributed by atoms with Gasteiger partial charge >= 0.3 is 6.16 Å². The fraction of sp³-hybridized carbons (Fsp3) is 0.235. The Kier molecular flexibility index (Phi) is 5.44. The molecule has 0 fully saturated rings. The summed E-state index contributed by atoms with van der Waals surface area (Å²) >= 11 is 3.48. The van der Waals surface area contributed by atoms with E-state index in [1.54, 1.807) is 6.07 Å². The van der Waals surface area contributed by atoms with Crippen molar-refractivity contribution in [3.63, 3.8) is 0 Å². The van der Waals surface area contributed by atoms with E-state index >= 15 is 0 Å². The van der Waals surface area contributed by atoms with Crippen molar-refractivity contribution in [3.8, 4) is 11.5 Å². The molecule has 0 saturated carbocycles. The van der Waals surface area contributed by atoms with E-state index in [0.717, 1.165) is 26.9 Å². The Morgan fingerprint density at radius 3 is 2.59 bits per heavy atom. The van der Waals surface area contributed by atoms with Crippen LogP contribution in [0, 0.1) is 13.8 Å². The smallest absolute Gasteiger partial charge is 0.488 e. The van der Waals surface area contributed by atoms with Crippen LogP contribution in [-0.4, -0.2) is 13.3 Å².